The van der Waals surface area contributed by atoms with E-state index in [9.17, 15) is 0 Å². The quantitative estimate of drug-likeness (QED) is 0.814. The van der Waals surface area contributed by atoms with Crippen LogP contribution in [0.2, 0.25) is 0 Å². The number of nitrogens with zero attached hydrogens (tertiary/aromatic N) is 1. The molecule has 0 radical (unpaired) electrons. The number of ether oxygens (including phenoxy) is 1. The number of hydrogen-bond acceptors (Lipinski definition) is 3. The van der Waals surface area contributed by atoms with E-state index in [1.165, 1.54) is 23.2 Å². The van der Waals surface area contributed by atoms with Crippen LogP contribution >= 0.6 is 12.2 Å². The number of benzene rings is 1. The average Bonchev–Trinajstić information content (AvgIpc) is 2.95. The first-order chi connectivity index (χ1) is 9.83. The second-order valence-corrected chi connectivity index (χ2v) is 5.85. The molecule has 3 nitrogen and oxygen atoms in total. The molecular formula is C16H16N2OS. The lowest BCUT2D eigenvalue weighted by atomic mass is 9.92. The van der Waals surface area contributed by atoms with Gasteiger partial charge in [-0.2, -0.15) is 0 Å². The number of rotatable bonds is 1. The normalized spacial score (nSPS) is 20.1. The largest absolute Gasteiger partial charge is 0.493 e. The Hall–Kier alpha value is -1.68. The first-order valence-electron chi connectivity index (χ1n) is 7.16. The zero-order valence-electron chi connectivity index (χ0n) is 11.2. The monoisotopic (exact) mass is 284 g/mol. The minimum absolute atomic E-state index is 0.271. The molecule has 0 amide bonds. The molecule has 1 aromatic carbocycles. The van der Waals surface area contributed by atoms with Gasteiger partial charge in [0.1, 0.15) is 16.2 Å². The van der Waals surface area contributed by atoms with Crippen molar-refractivity contribution in [1.82, 2.24) is 9.97 Å². The molecule has 1 atom stereocenters. The Balaban J connectivity index is 1.83. The Morgan fingerprint density at radius 1 is 1.25 bits per heavy atom. The summed E-state index contributed by atoms with van der Waals surface area (Å²) >= 11 is 5.47. The molecule has 1 unspecified atom stereocenters. The van der Waals surface area contributed by atoms with E-state index in [1.54, 1.807) is 0 Å². The Kier molecular flexibility index (Phi) is 2.84. The maximum Gasteiger partial charge on any atom is 0.133 e. The van der Waals surface area contributed by atoms with Crippen molar-refractivity contribution < 1.29 is 4.74 Å². The molecule has 2 aromatic rings. The fourth-order valence-corrected chi connectivity index (χ4v) is 3.59. The molecule has 0 bridgehead atoms. The molecular weight excluding hydrogens is 268 g/mol. The third kappa shape index (κ3) is 1.86. The van der Waals surface area contributed by atoms with Gasteiger partial charge in [-0.1, -0.05) is 30.4 Å². The number of aryl methyl sites for hydroxylation is 1. The summed E-state index contributed by atoms with van der Waals surface area (Å²) in [5.74, 6) is 2.25. The van der Waals surface area contributed by atoms with Crippen molar-refractivity contribution in [3.8, 4) is 5.75 Å². The van der Waals surface area contributed by atoms with Gasteiger partial charge in [-0.25, -0.2) is 4.98 Å². The van der Waals surface area contributed by atoms with Crippen LogP contribution in [-0.2, 0) is 12.8 Å². The number of hydrogen-bond donors (Lipinski definition) is 1. The highest BCUT2D eigenvalue weighted by molar-refractivity contribution is 7.71. The zero-order chi connectivity index (χ0) is 13.5. The third-order valence-electron chi connectivity index (χ3n) is 4.27. The molecule has 4 heteroatoms. The van der Waals surface area contributed by atoms with Gasteiger partial charge in [0.2, 0.25) is 0 Å². The van der Waals surface area contributed by atoms with Crippen molar-refractivity contribution in [3.63, 3.8) is 0 Å². The molecule has 1 aliphatic carbocycles. The molecule has 4 rings (SSSR count). The molecule has 0 fully saturated rings. The van der Waals surface area contributed by atoms with Gasteiger partial charge < -0.3 is 9.72 Å². The summed E-state index contributed by atoms with van der Waals surface area (Å²) in [5, 5.41) is 0. The van der Waals surface area contributed by atoms with Gasteiger partial charge in [0.15, 0.2) is 0 Å². The molecule has 20 heavy (non-hydrogen) atoms. The van der Waals surface area contributed by atoms with E-state index in [0.29, 0.717) is 0 Å². The summed E-state index contributed by atoms with van der Waals surface area (Å²) in [6.45, 7) is 0.737. The highest BCUT2D eigenvalue weighted by atomic mass is 32.1. The standard InChI is InChI=1S/C16H16N2OS/c20-16-12-5-3-6-13(12)17-15(18-16)11-8-9-19-14-7-2-1-4-10(11)14/h1-2,4,7,11H,3,5-6,8-9H2,(H,17,18,20). The molecule has 0 saturated carbocycles. The van der Waals surface area contributed by atoms with Crippen molar-refractivity contribution in [2.75, 3.05) is 6.61 Å². The maximum absolute atomic E-state index is 5.73. The summed E-state index contributed by atoms with van der Waals surface area (Å²) in [5.41, 5.74) is 3.77. The number of aromatic nitrogens is 2. The van der Waals surface area contributed by atoms with Crippen LogP contribution in [0.4, 0.5) is 0 Å². The molecule has 0 saturated heterocycles. The molecule has 1 aromatic heterocycles. The van der Waals surface area contributed by atoms with Crippen LogP contribution in [0.15, 0.2) is 24.3 Å². The van der Waals surface area contributed by atoms with Crippen LogP contribution in [0, 0.1) is 4.64 Å². The van der Waals surface area contributed by atoms with Crippen LogP contribution in [0.1, 0.15) is 41.4 Å². The lowest BCUT2D eigenvalue weighted by Gasteiger charge is -2.25. The number of fused-ring (bicyclic) bond motifs is 2. The third-order valence-corrected chi connectivity index (χ3v) is 4.60. The second kappa shape index (κ2) is 4.70. The molecule has 0 spiro atoms. The highest BCUT2D eigenvalue weighted by Gasteiger charge is 2.26. The summed E-state index contributed by atoms with van der Waals surface area (Å²) in [6.07, 6.45) is 4.31. The van der Waals surface area contributed by atoms with E-state index in [0.717, 1.165) is 42.1 Å². The average molecular weight is 284 g/mol. The first kappa shape index (κ1) is 12.1. The van der Waals surface area contributed by atoms with Crippen molar-refractivity contribution >= 4 is 12.2 Å². The van der Waals surface area contributed by atoms with E-state index < -0.39 is 0 Å². The summed E-state index contributed by atoms with van der Waals surface area (Å²) < 4.78 is 6.52. The molecule has 1 N–H and O–H groups in total. The predicted molar refractivity (Wildman–Crippen MR) is 79.8 cm³/mol. The second-order valence-electron chi connectivity index (χ2n) is 5.47. The smallest absolute Gasteiger partial charge is 0.133 e. The van der Waals surface area contributed by atoms with E-state index in [2.05, 4.69) is 22.1 Å². The van der Waals surface area contributed by atoms with Crippen LogP contribution < -0.4 is 4.74 Å². The van der Waals surface area contributed by atoms with Gasteiger partial charge in [0, 0.05) is 22.7 Å². The van der Waals surface area contributed by atoms with Gasteiger partial charge in [0.25, 0.3) is 0 Å². The van der Waals surface area contributed by atoms with Gasteiger partial charge >= 0.3 is 0 Å². The molecule has 102 valence electrons. The summed E-state index contributed by atoms with van der Waals surface area (Å²) in [7, 11) is 0. The number of H-pyrrole nitrogens is 1. The van der Waals surface area contributed by atoms with Crippen molar-refractivity contribution in [2.24, 2.45) is 0 Å². The predicted octanol–water partition coefficient (Wildman–Crippen LogP) is 3.54. The van der Waals surface area contributed by atoms with Crippen molar-refractivity contribution in [1.29, 1.82) is 0 Å². The van der Waals surface area contributed by atoms with Gasteiger partial charge in [-0.3, -0.25) is 0 Å². The minimum atomic E-state index is 0.271. The highest BCUT2D eigenvalue weighted by Crippen LogP contribution is 2.37. The SMILES string of the molecule is S=c1nc(C2CCOc3ccccc32)[nH]c2c1CCC2. The van der Waals surface area contributed by atoms with Crippen LogP contribution in [-0.4, -0.2) is 16.6 Å². The van der Waals surface area contributed by atoms with E-state index in [1.807, 2.05) is 12.1 Å². The zero-order valence-corrected chi connectivity index (χ0v) is 12.0. The van der Waals surface area contributed by atoms with Crippen molar-refractivity contribution in [2.45, 2.75) is 31.6 Å². The van der Waals surface area contributed by atoms with Crippen LogP contribution in [0.5, 0.6) is 5.75 Å². The Morgan fingerprint density at radius 3 is 3.10 bits per heavy atom. The Morgan fingerprint density at radius 2 is 2.15 bits per heavy atom. The van der Waals surface area contributed by atoms with Gasteiger partial charge in [0.05, 0.1) is 6.61 Å². The van der Waals surface area contributed by atoms with Gasteiger partial charge in [-0.05, 0) is 31.7 Å². The minimum Gasteiger partial charge on any atom is -0.493 e. The molecule has 2 heterocycles. The number of para-hydroxylation sites is 1. The fraction of sp³-hybridized carbons (Fsp3) is 0.375. The number of aromatic amines is 1. The van der Waals surface area contributed by atoms with E-state index in [-0.39, 0.29) is 5.92 Å². The van der Waals surface area contributed by atoms with Crippen molar-refractivity contribution in [3.05, 3.63) is 51.6 Å². The van der Waals surface area contributed by atoms with Crippen LogP contribution in [0.25, 0.3) is 0 Å². The molecule has 2 aliphatic rings. The first-order valence-corrected chi connectivity index (χ1v) is 7.57. The lowest BCUT2D eigenvalue weighted by Crippen LogP contribution is -2.18. The van der Waals surface area contributed by atoms with Crippen LogP contribution in [0.3, 0.4) is 0 Å². The topological polar surface area (TPSA) is 37.9 Å². The summed E-state index contributed by atoms with van der Waals surface area (Å²) in [4.78, 5) is 8.21. The van der Waals surface area contributed by atoms with E-state index >= 15 is 0 Å². The molecule has 1 aliphatic heterocycles. The lowest BCUT2D eigenvalue weighted by molar-refractivity contribution is 0.274. The Labute approximate surface area is 123 Å². The van der Waals surface area contributed by atoms with Gasteiger partial charge in [-0.15, -0.1) is 0 Å². The number of nitrogens with one attached hydrogen (secondary N) is 1. The summed E-state index contributed by atoms with van der Waals surface area (Å²) in [6, 6.07) is 8.23. The van der Waals surface area contributed by atoms with E-state index in [4.69, 9.17) is 17.0 Å². The Bertz CT molecular complexity index is 723. The fourth-order valence-electron chi connectivity index (χ4n) is 3.27. The maximum atomic E-state index is 5.73.